The predicted molar refractivity (Wildman–Crippen MR) is 116 cm³/mol. The third kappa shape index (κ3) is 6.30. The number of hydrogen-bond acceptors (Lipinski definition) is 3. The number of rotatable bonds is 8. The molecule has 1 atom stereocenters. The van der Waals surface area contributed by atoms with Crippen LogP contribution < -0.4 is 10.1 Å². The molecule has 1 N–H and O–H groups in total. The lowest BCUT2D eigenvalue weighted by Gasteiger charge is -2.22. The molecule has 3 rings (SSSR count). The summed E-state index contributed by atoms with van der Waals surface area (Å²) in [5.41, 5.74) is 1.16. The van der Waals surface area contributed by atoms with Gasteiger partial charge in [0.25, 0.3) is 0 Å². The zero-order valence-corrected chi connectivity index (χ0v) is 18.3. The van der Waals surface area contributed by atoms with Crippen LogP contribution in [0.4, 0.5) is 0 Å². The number of nitrogens with one attached hydrogen (secondary N) is 1. The number of ether oxygens (including phenoxy) is 2. The highest BCUT2D eigenvalue weighted by Gasteiger charge is 2.25. The van der Waals surface area contributed by atoms with Crippen molar-refractivity contribution in [2.24, 2.45) is 16.8 Å². The van der Waals surface area contributed by atoms with Crippen molar-refractivity contribution < 1.29 is 9.47 Å². The number of hydrogen-bond donors (Lipinski definition) is 1. The molecule has 1 aliphatic carbocycles. The second-order valence-corrected chi connectivity index (χ2v) is 7.09. The number of nitrogens with zero attached hydrogens (tertiary/aromatic N) is 2. The number of halogens is 1. The number of aliphatic imine (C=N–C) groups is 1. The Morgan fingerprint density at radius 2 is 2.00 bits per heavy atom. The third-order valence-corrected chi connectivity index (χ3v) is 4.87. The SMILES string of the molecule is CCNC(=NCc1ccccc1OCC1CC1)N1CCC(COC)C1.I. The predicted octanol–water partition coefficient (Wildman–Crippen LogP) is 3.53. The van der Waals surface area contributed by atoms with E-state index in [1.165, 1.54) is 19.3 Å². The molecule has 1 aliphatic heterocycles. The minimum atomic E-state index is 0. The second kappa shape index (κ2) is 11.0. The van der Waals surface area contributed by atoms with Gasteiger partial charge in [0, 0.05) is 38.2 Å². The summed E-state index contributed by atoms with van der Waals surface area (Å²) in [5.74, 6) is 3.34. The molecule has 1 saturated carbocycles. The summed E-state index contributed by atoms with van der Waals surface area (Å²) >= 11 is 0. The first kappa shape index (κ1) is 21.3. The molecule has 1 unspecified atom stereocenters. The van der Waals surface area contributed by atoms with Gasteiger partial charge in [-0.25, -0.2) is 4.99 Å². The molecule has 1 heterocycles. The first-order chi connectivity index (χ1) is 12.3. The van der Waals surface area contributed by atoms with Crippen molar-refractivity contribution in [1.29, 1.82) is 0 Å². The lowest BCUT2D eigenvalue weighted by atomic mass is 10.1. The van der Waals surface area contributed by atoms with Crippen LogP contribution in [-0.2, 0) is 11.3 Å². The number of para-hydroxylation sites is 1. The Bertz CT molecular complexity index is 578. The summed E-state index contributed by atoms with van der Waals surface area (Å²) in [6.07, 6.45) is 3.78. The zero-order chi connectivity index (χ0) is 17.5. The van der Waals surface area contributed by atoms with E-state index in [9.17, 15) is 0 Å². The van der Waals surface area contributed by atoms with Crippen LogP contribution in [0.1, 0.15) is 31.7 Å². The lowest BCUT2D eigenvalue weighted by molar-refractivity contribution is 0.157. The summed E-state index contributed by atoms with van der Waals surface area (Å²) in [6, 6.07) is 8.28. The summed E-state index contributed by atoms with van der Waals surface area (Å²) in [4.78, 5) is 7.22. The summed E-state index contributed by atoms with van der Waals surface area (Å²) < 4.78 is 11.3. The maximum Gasteiger partial charge on any atom is 0.194 e. The zero-order valence-electron chi connectivity index (χ0n) is 15.9. The average molecular weight is 473 g/mol. The molecule has 1 aromatic rings. The number of guanidine groups is 1. The van der Waals surface area contributed by atoms with Crippen LogP contribution in [0.25, 0.3) is 0 Å². The second-order valence-electron chi connectivity index (χ2n) is 7.09. The van der Waals surface area contributed by atoms with Crippen molar-refractivity contribution in [3.63, 3.8) is 0 Å². The van der Waals surface area contributed by atoms with Crippen molar-refractivity contribution >= 4 is 29.9 Å². The molecule has 2 fully saturated rings. The molecule has 26 heavy (non-hydrogen) atoms. The van der Waals surface area contributed by atoms with E-state index in [0.717, 1.165) is 56.0 Å². The smallest absolute Gasteiger partial charge is 0.194 e. The fraction of sp³-hybridized carbons (Fsp3) is 0.650. The fourth-order valence-corrected chi connectivity index (χ4v) is 3.25. The van der Waals surface area contributed by atoms with Gasteiger partial charge in [-0.05, 0) is 38.2 Å². The maximum absolute atomic E-state index is 6.01. The largest absolute Gasteiger partial charge is 0.493 e. The van der Waals surface area contributed by atoms with E-state index in [2.05, 4.69) is 35.3 Å². The number of benzene rings is 1. The minimum absolute atomic E-state index is 0. The standard InChI is InChI=1S/C20H31N3O2.HI/c1-3-21-20(23-11-10-17(13-23)14-24-2)22-12-18-6-4-5-7-19(18)25-15-16-8-9-16;/h4-7,16-17H,3,8-15H2,1-2H3,(H,21,22);1H. The Labute approximate surface area is 174 Å². The maximum atomic E-state index is 6.01. The lowest BCUT2D eigenvalue weighted by Crippen LogP contribution is -2.40. The molecule has 146 valence electrons. The van der Waals surface area contributed by atoms with Crippen LogP contribution in [0.15, 0.2) is 29.3 Å². The quantitative estimate of drug-likeness (QED) is 0.357. The molecule has 0 aromatic heterocycles. The van der Waals surface area contributed by atoms with Crippen molar-refractivity contribution in [2.45, 2.75) is 32.7 Å². The van der Waals surface area contributed by atoms with Crippen LogP contribution >= 0.6 is 24.0 Å². The fourth-order valence-electron chi connectivity index (χ4n) is 3.25. The summed E-state index contributed by atoms with van der Waals surface area (Å²) in [6.45, 7) is 7.36. The van der Waals surface area contributed by atoms with Gasteiger partial charge < -0.3 is 19.7 Å². The molecule has 0 amide bonds. The van der Waals surface area contributed by atoms with Gasteiger partial charge in [0.1, 0.15) is 5.75 Å². The van der Waals surface area contributed by atoms with Gasteiger partial charge in [0.15, 0.2) is 5.96 Å². The highest BCUT2D eigenvalue weighted by atomic mass is 127. The monoisotopic (exact) mass is 473 g/mol. The molecule has 1 saturated heterocycles. The highest BCUT2D eigenvalue weighted by molar-refractivity contribution is 14.0. The van der Waals surface area contributed by atoms with Crippen molar-refractivity contribution in [3.05, 3.63) is 29.8 Å². The summed E-state index contributed by atoms with van der Waals surface area (Å²) in [5, 5.41) is 3.43. The Kier molecular flexibility index (Phi) is 8.98. The van der Waals surface area contributed by atoms with Crippen LogP contribution in [0.5, 0.6) is 5.75 Å². The van der Waals surface area contributed by atoms with Gasteiger partial charge in [-0.15, -0.1) is 24.0 Å². The van der Waals surface area contributed by atoms with Gasteiger partial charge in [-0.1, -0.05) is 18.2 Å². The normalized spacial score (nSPS) is 20.0. The first-order valence-corrected chi connectivity index (χ1v) is 9.53. The molecule has 0 spiro atoms. The Morgan fingerprint density at radius 1 is 1.19 bits per heavy atom. The summed E-state index contributed by atoms with van der Waals surface area (Å²) in [7, 11) is 1.78. The van der Waals surface area contributed by atoms with Gasteiger partial charge in [0.2, 0.25) is 0 Å². The van der Waals surface area contributed by atoms with E-state index < -0.39 is 0 Å². The molecule has 6 heteroatoms. The van der Waals surface area contributed by atoms with Crippen molar-refractivity contribution in [2.75, 3.05) is 40.0 Å². The van der Waals surface area contributed by atoms with Crippen LogP contribution in [0, 0.1) is 11.8 Å². The molecule has 1 aromatic carbocycles. The average Bonchev–Trinajstić information content (AvgIpc) is 3.35. The highest BCUT2D eigenvalue weighted by Crippen LogP contribution is 2.30. The van der Waals surface area contributed by atoms with Crippen molar-refractivity contribution in [1.82, 2.24) is 10.2 Å². The van der Waals surface area contributed by atoms with E-state index >= 15 is 0 Å². The van der Waals surface area contributed by atoms with Gasteiger partial charge in [-0.2, -0.15) is 0 Å². The topological polar surface area (TPSA) is 46.1 Å². The van der Waals surface area contributed by atoms with Gasteiger partial charge in [0.05, 0.1) is 19.8 Å². The molecule has 0 radical (unpaired) electrons. The van der Waals surface area contributed by atoms with Crippen LogP contribution in [0.3, 0.4) is 0 Å². The Hall–Kier alpha value is -1.02. The van der Waals surface area contributed by atoms with Crippen LogP contribution in [0.2, 0.25) is 0 Å². The van der Waals surface area contributed by atoms with Gasteiger partial charge in [-0.3, -0.25) is 0 Å². The van der Waals surface area contributed by atoms with Gasteiger partial charge >= 0.3 is 0 Å². The van der Waals surface area contributed by atoms with E-state index in [1.54, 1.807) is 7.11 Å². The molecular weight excluding hydrogens is 441 g/mol. The Balaban J connectivity index is 0.00000243. The first-order valence-electron chi connectivity index (χ1n) is 9.53. The molecule has 5 nitrogen and oxygen atoms in total. The molecule has 0 bridgehead atoms. The van der Waals surface area contributed by atoms with E-state index in [1.807, 2.05) is 6.07 Å². The van der Waals surface area contributed by atoms with E-state index in [-0.39, 0.29) is 24.0 Å². The minimum Gasteiger partial charge on any atom is -0.493 e. The number of likely N-dealkylation sites (tertiary alicyclic amines) is 1. The number of methoxy groups -OCH3 is 1. The van der Waals surface area contributed by atoms with E-state index in [0.29, 0.717) is 12.5 Å². The molecule has 2 aliphatic rings. The van der Waals surface area contributed by atoms with Crippen LogP contribution in [-0.4, -0.2) is 50.8 Å². The third-order valence-electron chi connectivity index (χ3n) is 4.87. The van der Waals surface area contributed by atoms with E-state index in [4.69, 9.17) is 14.5 Å². The Morgan fingerprint density at radius 3 is 2.73 bits per heavy atom. The van der Waals surface area contributed by atoms with Crippen molar-refractivity contribution in [3.8, 4) is 5.75 Å². The molecular formula is C20H32IN3O2.